The molecule has 0 aromatic carbocycles. The van der Waals surface area contributed by atoms with E-state index in [1.165, 1.54) is 5.75 Å². The van der Waals surface area contributed by atoms with Crippen LogP contribution in [0.3, 0.4) is 0 Å². The van der Waals surface area contributed by atoms with E-state index in [1.54, 1.807) is 12.4 Å². The van der Waals surface area contributed by atoms with Gasteiger partial charge in [0.15, 0.2) is 0 Å². The lowest BCUT2D eigenvalue weighted by molar-refractivity contribution is 0.170. The van der Waals surface area contributed by atoms with Crippen molar-refractivity contribution in [1.29, 1.82) is 0 Å². The molecule has 1 aromatic rings. The van der Waals surface area contributed by atoms with Gasteiger partial charge in [-0.25, -0.2) is 0 Å². The number of ether oxygens (including phenoxy) is 1. The molecular formula is C15H23NO2S2. The standard InChI is InChI=1S/C15H23NO2S2/c1-4-13-15(20-6-5-19-13)14(17)11-7-12(9-16-8-11)18-10(2)3/h7-10,13-15,17H,4-6H2,1-3H3. The van der Waals surface area contributed by atoms with Crippen molar-refractivity contribution in [2.24, 2.45) is 0 Å². The van der Waals surface area contributed by atoms with E-state index in [0.29, 0.717) is 5.25 Å². The first-order valence-corrected chi connectivity index (χ1v) is 9.24. The number of aromatic nitrogens is 1. The number of hydrogen-bond acceptors (Lipinski definition) is 5. The van der Waals surface area contributed by atoms with Crippen molar-refractivity contribution in [2.75, 3.05) is 11.5 Å². The summed E-state index contributed by atoms with van der Waals surface area (Å²) >= 11 is 3.86. The second-order valence-electron chi connectivity index (χ2n) is 5.22. The number of rotatable bonds is 5. The Balaban J connectivity index is 2.12. The largest absolute Gasteiger partial charge is 0.489 e. The summed E-state index contributed by atoms with van der Waals surface area (Å²) in [6.45, 7) is 6.17. The van der Waals surface area contributed by atoms with Crippen LogP contribution in [0.15, 0.2) is 18.5 Å². The first kappa shape index (κ1) is 16.0. The van der Waals surface area contributed by atoms with Crippen molar-refractivity contribution in [1.82, 2.24) is 4.98 Å². The molecular weight excluding hydrogens is 290 g/mol. The van der Waals surface area contributed by atoms with Crippen molar-refractivity contribution in [3.63, 3.8) is 0 Å². The Bertz CT molecular complexity index is 428. The summed E-state index contributed by atoms with van der Waals surface area (Å²) in [6, 6.07) is 1.92. The highest BCUT2D eigenvalue weighted by Gasteiger charge is 2.32. The van der Waals surface area contributed by atoms with Crippen LogP contribution >= 0.6 is 23.5 Å². The van der Waals surface area contributed by atoms with Crippen molar-refractivity contribution in [3.8, 4) is 5.75 Å². The van der Waals surface area contributed by atoms with Crippen LogP contribution in [0, 0.1) is 0 Å². The maximum Gasteiger partial charge on any atom is 0.138 e. The summed E-state index contributed by atoms with van der Waals surface area (Å²) in [7, 11) is 0. The molecule has 112 valence electrons. The molecule has 0 saturated carbocycles. The van der Waals surface area contributed by atoms with Crippen LogP contribution < -0.4 is 4.74 Å². The van der Waals surface area contributed by atoms with Gasteiger partial charge in [0.2, 0.25) is 0 Å². The predicted molar refractivity (Wildman–Crippen MR) is 87.7 cm³/mol. The molecule has 1 aliphatic heterocycles. The van der Waals surface area contributed by atoms with Crippen LogP contribution in [0.4, 0.5) is 0 Å². The Morgan fingerprint density at radius 3 is 2.80 bits per heavy atom. The molecule has 0 bridgehead atoms. The number of aliphatic hydroxyl groups is 1. The molecule has 3 nitrogen and oxygen atoms in total. The van der Waals surface area contributed by atoms with Gasteiger partial charge in [0.25, 0.3) is 0 Å². The van der Waals surface area contributed by atoms with Crippen LogP contribution in [-0.2, 0) is 0 Å². The van der Waals surface area contributed by atoms with Crippen molar-refractivity contribution < 1.29 is 9.84 Å². The molecule has 5 heteroatoms. The predicted octanol–water partition coefficient (Wildman–Crippen LogP) is 3.53. The van der Waals surface area contributed by atoms with E-state index < -0.39 is 6.10 Å². The molecule has 1 aliphatic rings. The molecule has 0 radical (unpaired) electrons. The topological polar surface area (TPSA) is 42.4 Å². The highest BCUT2D eigenvalue weighted by molar-refractivity contribution is 8.07. The van der Waals surface area contributed by atoms with E-state index in [-0.39, 0.29) is 11.4 Å². The smallest absolute Gasteiger partial charge is 0.138 e. The van der Waals surface area contributed by atoms with Gasteiger partial charge >= 0.3 is 0 Å². The summed E-state index contributed by atoms with van der Waals surface area (Å²) in [4.78, 5) is 4.20. The number of aliphatic hydroxyl groups excluding tert-OH is 1. The van der Waals surface area contributed by atoms with Gasteiger partial charge in [0.05, 0.1) is 18.4 Å². The van der Waals surface area contributed by atoms with Crippen LogP contribution in [-0.4, -0.2) is 38.2 Å². The number of pyridine rings is 1. The SMILES string of the molecule is CCC1SCCSC1C(O)c1cncc(OC(C)C)c1. The Morgan fingerprint density at radius 1 is 1.35 bits per heavy atom. The molecule has 2 rings (SSSR count). The Labute approximate surface area is 129 Å². The van der Waals surface area contributed by atoms with Crippen molar-refractivity contribution >= 4 is 23.5 Å². The fourth-order valence-corrected chi connectivity index (χ4v) is 5.49. The molecule has 1 N–H and O–H groups in total. The molecule has 1 aromatic heterocycles. The van der Waals surface area contributed by atoms with E-state index in [0.717, 1.165) is 23.5 Å². The minimum atomic E-state index is -0.471. The Morgan fingerprint density at radius 2 is 2.10 bits per heavy atom. The Kier molecular flexibility index (Phi) is 6.05. The monoisotopic (exact) mass is 313 g/mol. The summed E-state index contributed by atoms with van der Waals surface area (Å²) in [6.07, 6.45) is 4.20. The van der Waals surface area contributed by atoms with Crippen LogP contribution in [0.2, 0.25) is 0 Å². The molecule has 1 saturated heterocycles. The lowest BCUT2D eigenvalue weighted by Crippen LogP contribution is -2.31. The van der Waals surface area contributed by atoms with Crippen molar-refractivity contribution in [2.45, 2.75) is 49.9 Å². The van der Waals surface area contributed by atoms with Gasteiger partial charge in [-0.1, -0.05) is 6.92 Å². The molecule has 20 heavy (non-hydrogen) atoms. The summed E-state index contributed by atoms with van der Waals surface area (Å²) in [5, 5.41) is 11.4. The van der Waals surface area contributed by atoms with E-state index in [4.69, 9.17) is 4.74 Å². The second kappa shape index (κ2) is 7.57. The third kappa shape index (κ3) is 4.06. The van der Waals surface area contributed by atoms with Gasteiger partial charge in [-0.15, -0.1) is 0 Å². The Hall–Kier alpha value is -0.390. The number of hydrogen-bond donors (Lipinski definition) is 1. The van der Waals surface area contributed by atoms with E-state index in [1.807, 2.05) is 43.4 Å². The highest BCUT2D eigenvalue weighted by atomic mass is 32.2. The minimum absolute atomic E-state index is 0.118. The number of nitrogens with zero attached hydrogens (tertiary/aromatic N) is 1. The van der Waals surface area contributed by atoms with Crippen LogP contribution in [0.1, 0.15) is 38.9 Å². The van der Waals surface area contributed by atoms with Crippen LogP contribution in [0.25, 0.3) is 0 Å². The highest BCUT2D eigenvalue weighted by Crippen LogP contribution is 2.40. The molecule has 3 atom stereocenters. The zero-order chi connectivity index (χ0) is 14.5. The average Bonchev–Trinajstić information content (AvgIpc) is 2.46. The quantitative estimate of drug-likeness (QED) is 0.901. The lowest BCUT2D eigenvalue weighted by atomic mass is 10.0. The van der Waals surface area contributed by atoms with Crippen LogP contribution in [0.5, 0.6) is 5.75 Å². The van der Waals surface area contributed by atoms with E-state index in [2.05, 4.69) is 11.9 Å². The molecule has 1 fully saturated rings. The molecule has 0 spiro atoms. The molecule has 0 aliphatic carbocycles. The summed E-state index contributed by atoms with van der Waals surface area (Å²) < 4.78 is 5.66. The van der Waals surface area contributed by atoms with Gasteiger partial charge in [0.1, 0.15) is 5.75 Å². The molecule has 2 heterocycles. The van der Waals surface area contributed by atoms with Gasteiger partial charge in [-0.2, -0.15) is 23.5 Å². The third-order valence-electron chi connectivity index (χ3n) is 3.25. The molecule has 0 amide bonds. The fraction of sp³-hybridized carbons (Fsp3) is 0.667. The lowest BCUT2D eigenvalue weighted by Gasteiger charge is -2.33. The normalized spacial score (nSPS) is 24.6. The second-order valence-corrected chi connectivity index (χ2v) is 7.85. The van der Waals surface area contributed by atoms with Gasteiger partial charge < -0.3 is 9.84 Å². The third-order valence-corrected chi connectivity index (χ3v) is 6.59. The summed E-state index contributed by atoms with van der Waals surface area (Å²) in [5.41, 5.74) is 0.863. The van der Waals surface area contributed by atoms with E-state index >= 15 is 0 Å². The maximum atomic E-state index is 10.7. The number of thioether (sulfide) groups is 2. The minimum Gasteiger partial charge on any atom is -0.489 e. The molecule has 3 unspecified atom stereocenters. The summed E-state index contributed by atoms with van der Waals surface area (Å²) in [5.74, 6) is 3.03. The fourth-order valence-electron chi connectivity index (χ4n) is 2.35. The van der Waals surface area contributed by atoms with Crippen molar-refractivity contribution in [3.05, 3.63) is 24.0 Å². The first-order chi connectivity index (χ1) is 9.61. The van der Waals surface area contributed by atoms with Gasteiger partial charge in [-0.3, -0.25) is 4.98 Å². The van der Waals surface area contributed by atoms with Gasteiger partial charge in [-0.05, 0) is 26.3 Å². The van der Waals surface area contributed by atoms with Gasteiger partial charge in [0, 0.05) is 33.8 Å². The maximum absolute atomic E-state index is 10.7. The average molecular weight is 313 g/mol. The van der Waals surface area contributed by atoms with E-state index in [9.17, 15) is 5.11 Å². The zero-order valence-corrected chi connectivity index (χ0v) is 13.9. The first-order valence-electron chi connectivity index (χ1n) is 7.14. The zero-order valence-electron chi connectivity index (χ0n) is 12.3.